The summed E-state index contributed by atoms with van der Waals surface area (Å²) in [5, 5.41) is 0. The summed E-state index contributed by atoms with van der Waals surface area (Å²) < 4.78 is 0. The summed E-state index contributed by atoms with van der Waals surface area (Å²) in [6.07, 6.45) is 3.65. The Morgan fingerprint density at radius 3 is 2.71 bits per heavy atom. The third-order valence-electron chi connectivity index (χ3n) is 2.85. The van der Waals surface area contributed by atoms with Gasteiger partial charge in [0, 0.05) is 17.9 Å². The maximum Gasteiger partial charge on any atom is 0.251 e. The standard InChI is InChI=1S/C11H16N2O/c1-7(2)11-12-9(6-10(14)13-11)8-4-3-5-8/h6-8H,3-5H2,1-2H3,(H,12,13,14). The lowest BCUT2D eigenvalue weighted by Crippen LogP contribution is -2.18. The number of aromatic nitrogens is 2. The zero-order valence-corrected chi connectivity index (χ0v) is 8.71. The Hall–Kier alpha value is -1.12. The van der Waals surface area contributed by atoms with Crippen LogP contribution in [0, 0.1) is 0 Å². The molecule has 3 heteroatoms. The minimum absolute atomic E-state index is 0.00870. The van der Waals surface area contributed by atoms with Crippen molar-refractivity contribution in [3.8, 4) is 0 Å². The molecular formula is C11H16N2O. The summed E-state index contributed by atoms with van der Waals surface area (Å²) in [5.41, 5.74) is 0.981. The van der Waals surface area contributed by atoms with Crippen LogP contribution in [0.3, 0.4) is 0 Å². The van der Waals surface area contributed by atoms with Gasteiger partial charge in [0.05, 0.1) is 5.69 Å². The fraction of sp³-hybridized carbons (Fsp3) is 0.636. The van der Waals surface area contributed by atoms with Gasteiger partial charge < -0.3 is 4.98 Å². The largest absolute Gasteiger partial charge is 0.310 e. The van der Waals surface area contributed by atoms with Crippen molar-refractivity contribution in [2.24, 2.45) is 0 Å². The van der Waals surface area contributed by atoms with Crippen molar-refractivity contribution in [1.29, 1.82) is 0 Å². The molecule has 1 aliphatic rings. The maximum absolute atomic E-state index is 11.4. The Labute approximate surface area is 83.6 Å². The summed E-state index contributed by atoms with van der Waals surface area (Å²) in [6, 6.07) is 1.65. The van der Waals surface area contributed by atoms with Gasteiger partial charge in [0.25, 0.3) is 5.56 Å². The Balaban J connectivity index is 2.35. The minimum Gasteiger partial charge on any atom is -0.310 e. The number of H-pyrrole nitrogens is 1. The zero-order valence-electron chi connectivity index (χ0n) is 8.71. The van der Waals surface area contributed by atoms with Gasteiger partial charge in [-0.25, -0.2) is 4.98 Å². The first-order valence-corrected chi connectivity index (χ1v) is 5.28. The highest BCUT2D eigenvalue weighted by molar-refractivity contribution is 5.12. The van der Waals surface area contributed by atoms with Crippen LogP contribution < -0.4 is 5.56 Å². The second-order valence-corrected chi connectivity index (χ2v) is 4.34. The van der Waals surface area contributed by atoms with E-state index in [-0.39, 0.29) is 5.56 Å². The Morgan fingerprint density at radius 2 is 2.21 bits per heavy atom. The van der Waals surface area contributed by atoms with E-state index in [1.54, 1.807) is 6.07 Å². The van der Waals surface area contributed by atoms with Crippen LogP contribution in [-0.4, -0.2) is 9.97 Å². The van der Waals surface area contributed by atoms with E-state index in [0.29, 0.717) is 11.8 Å². The monoisotopic (exact) mass is 192 g/mol. The number of aromatic amines is 1. The zero-order chi connectivity index (χ0) is 10.1. The highest BCUT2D eigenvalue weighted by Gasteiger charge is 2.21. The lowest BCUT2D eigenvalue weighted by atomic mass is 9.83. The molecule has 1 fully saturated rings. The molecule has 0 bridgehead atoms. The lowest BCUT2D eigenvalue weighted by molar-refractivity contribution is 0.408. The molecule has 0 atom stereocenters. The molecule has 1 aromatic heterocycles. The molecular weight excluding hydrogens is 176 g/mol. The van der Waals surface area contributed by atoms with Crippen molar-refractivity contribution in [3.05, 3.63) is 27.9 Å². The number of nitrogens with one attached hydrogen (secondary N) is 1. The van der Waals surface area contributed by atoms with Gasteiger partial charge in [-0.1, -0.05) is 20.3 Å². The molecule has 14 heavy (non-hydrogen) atoms. The van der Waals surface area contributed by atoms with Crippen molar-refractivity contribution >= 4 is 0 Å². The average molecular weight is 192 g/mol. The number of hydrogen-bond acceptors (Lipinski definition) is 2. The molecule has 1 heterocycles. The number of rotatable bonds is 2. The topological polar surface area (TPSA) is 45.8 Å². The van der Waals surface area contributed by atoms with E-state index in [1.807, 2.05) is 13.8 Å². The average Bonchev–Trinajstić information content (AvgIpc) is 1.99. The van der Waals surface area contributed by atoms with Gasteiger partial charge in [-0.05, 0) is 12.8 Å². The Kier molecular flexibility index (Phi) is 2.40. The molecule has 1 N–H and O–H groups in total. The second-order valence-electron chi connectivity index (χ2n) is 4.34. The normalized spacial score (nSPS) is 17.1. The molecule has 1 saturated carbocycles. The fourth-order valence-corrected chi connectivity index (χ4v) is 1.68. The second kappa shape index (κ2) is 3.56. The lowest BCUT2D eigenvalue weighted by Gasteiger charge is -2.24. The van der Waals surface area contributed by atoms with Crippen LogP contribution in [0.1, 0.15) is 56.5 Å². The summed E-state index contributed by atoms with van der Waals surface area (Å²) in [7, 11) is 0. The maximum atomic E-state index is 11.4. The van der Waals surface area contributed by atoms with Crippen molar-refractivity contribution < 1.29 is 0 Å². The molecule has 1 aliphatic carbocycles. The third kappa shape index (κ3) is 1.72. The van der Waals surface area contributed by atoms with Gasteiger partial charge in [-0.2, -0.15) is 0 Å². The summed E-state index contributed by atoms with van der Waals surface area (Å²) in [5.74, 6) is 1.65. The van der Waals surface area contributed by atoms with Crippen molar-refractivity contribution in [3.63, 3.8) is 0 Å². The van der Waals surface area contributed by atoms with E-state index in [9.17, 15) is 4.79 Å². The molecule has 0 aromatic carbocycles. The first kappa shape index (κ1) is 9.44. The summed E-state index contributed by atoms with van der Waals surface area (Å²) in [6.45, 7) is 4.09. The molecule has 0 spiro atoms. The third-order valence-corrected chi connectivity index (χ3v) is 2.85. The summed E-state index contributed by atoms with van der Waals surface area (Å²) in [4.78, 5) is 18.6. The van der Waals surface area contributed by atoms with E-state index < -0.39 is 0 Å². The van der Waals surface area contributed by atoms with Crippen molar-refractivity contribution in [2.75, 3.05) is 0 Å². The van der Waals surface area contributed by atoms with Gasteiger partial charge in [-0.15, -0.1) is 0 Å². The minimum atomic E-state index is -0.00870. The van der Waals surface area contributed by atoms with Crippen LogP contribution in [0.25, 0.3) is 0 Å². The van der Waals surface area contributed by atoms with E-state index in [2.05, 4.69) is 9.97 Å². The number of hydrogen-bond donors (Lipinski definition) is 1. The van der Waals surface area contributed by atoms with Crippen LogP contribution in [0.2, 0.25) is 0 Å². The summed E-state index contributed by atoms with van der Waals surface area (Å²) >= 11 is 0. The predicted molar refractivity (Wildman–Crippen MR) is 55.5 cm³/mol. The van der Waals surface area contributed by atoms with E-state index in [0.717, 1.165) is 11.5 Å². The number of nitrogens with zero attached hydrogens (tertiary/aromatic N) is 1. The van der Waals surface area contributed by atoms with Crippen LogP contribution in [-0.2, 0) is 0 Å². The van der Waals surface area contributed by atoms with Crippen LogP contribution in [0.4, 0.5) is 0 Å². The molecule has 0 aliphatic heterocycles. The first-order valence-electron chi connectivity index (χ1n) is 5.28. The van der Waals surface area contributed by atoms with Crippen molar-refractivity contribution in [1.82, 2.24) is 9.97 Å². The van der Waals surface area contributed by atoms with E-state index >= 15 is 0 Å². The van der Waals surface area contributed by atoms with Gasteiger partial charge >= 0.3 is 0 Å². The van der Waals surface area contributed by atoms with Crippen LogP contribution in [0.5, 0.6) is 0 Å². The SMILES string of the molecule is CC(C)c1nc(C2CCC2)cc(=O)[nH]1. The van der Waals surface area contributed by atoms with E-state index in [4.69, 9.17) is 0 Å². The van der Waals surface area contributed by atoms with E-state index in [1.165, 1.54) is 19.3 Å². The van der Waals surface area contributed by atoms with Gasteiger partial charge in [-0.3, -0.25) is 4.79 Å². The van der Waals surface area contributed by atoms with Crippen LogP contribution in [0.15, 0.2) is 10.9 Å². The Morgan fingerprint density at radius 1 is 1.50 bits per heavy atom. The molecule has 3 nitrogen and oxygen atoms in total. The Bertz CT molecular complexity index is 377. The van der Waals surface area contributed by atoms with Crippen LogP contribution >= 0.6 is 0 Å². The highest BCUT2D eigenvalue weighted by Crippen LogP contribution is 2.34. The molecule has 0 saturated heterocycles. The van der Waals surface area contributed by atoms with Gasteiger partial charge in [0.2, 0.25) is 0 Å². The molecule has 2 rings (SSSR count). The first-order chi connectivity index (χ1) is 6.66. The highest BCUT2D eigenvalue weighted by atomic mass is 16.1. The van der Waals surface area contributed by atoms with Gasteiger partial charge in [0.1, 0.15) is 5.82 Å². The molecule has 0 radical (unpaired) electrons. The van der Waals surface area contributed by atoms with Crippen molar-refractivity contribution in [2.45, 2.75) is 44.9 Å². The smallest absolute Gasteiger partial charge is 0.251 e. The molecule has 1 aromatic rings. The molecule has 0 unspecified atom stereocenters. The fourth-order valence-electron chi connectivity index (χ4n) is 1.68. The van der Waals surface area contributed by atoms with Gasteiger partial charge in [0.15, 0.2) is 0 Å². The quantitative estimate of drug-likeness (QED) is 0.780. The molecule has 76 valence electrons. The predicted octanol–water partition coefficient (Wildman–Crippen LogP) is 2.16. The molecule has 0 amide bonds.